The minimum absolute atomic E-state index is 0.00157. The number of ether oxygens (including phenoxy) is 1. The van der Waals surface area contributed by atoms with E-state index in [1.165, 1.54) is 0 Å². The van der Waals surface area contributed by atoms with Gasteiger partial charge >= 0.3 is 5.97 Å². The van der Waals surface area contributed by atoms with Crippen molar-refractivity contribution in [3.63, 3.8) is 0 Å². The SMILES string of the molecule is CCOC(=O)C1=C[C@H](CC)c2nn(C)cc2C1=O. The van der Waals surface area contributed by atoms with Gasteiger partial charge in [0, 0.05) is 19.2 Å². The lowest BCUT2D eigenvalue weighted by atomic mass is 9.87. The molecule has 0 fully saturated rings. The first-order valence-electron chi connectivity index (χ1n) is 6.05. The largest absolute Gasteiger partial charge is 0.462 e. The highest BCUT2D eigenvalue weighted by molar-refractivity contribution is 6.25. The fourth-order valence-corrected chi connectivity index (χ4v) is 2.14. The third-order valence-corrected chi connectivity index (χ3v) is 3.00. The Morgan fingerprint density at radius 2 is 2.22 bits per heavy atom. The van der Waals surface area contributed by atoms with Gasteiger partial charge in [-0.1, -0.05) is 13.0 Å². The number of aromatic nitrogens is 2. The molecule has 1 aliphatic carbocycles. The molecule has 0 unspecified atom stereocenters. The van der Waals surface area contributed by atoms with Crippen molar-refractivity contribution in [1.29, 1.82) is 0 Å². The Hall–Kier alpha value is -1.91. The minimum atomic E-state index is -0.546. The lowest BCUT2D eigenvalue weighted by Gasteiger charge is -2.17. The van der Waals surface area contributed by atoms with E-state index in [0.717, 1.165) is 12.1 Å². The summed E-state index contributed by atoms with van der Waals surface area (Å²) in [6.07, 6.45) is 4.13. The molecule has 1 heterocycles. The first kappa shape index (κ1) is 12.5. The number of Topliss-reactive ketones (excluding diaryl/α,β-unsaturated/α-hetero) is 1. The number of hydrogen-bond acceptors (Lipinski definition) is 4. The van der Waals surface area contributed by atoms with Crippen molar-refractivity contribution in [2.75, 3.05) is 6.61 Å². The summed E-state index contributed by atoms with van der Waals surface area (Å²) in [4.78, 5) is 23.9. The summed E-state index contributed by atoms with van der Waals surface area (Å²) in [6, 6.07) is 0. The molecule has 1 aliphatic rings. The molecule has 0 radical (unpaired) electrons. The highest BCUT2D eigenvalue weighted by Crippen LogP contribution is 2.31. The Bertz CT molecular complexity index is 528. The van der Waals surface area contributed by atoms with Crippen LogP contribution in [0.4, 0.5) is 0 Å². The average Bonchev–Trinajstić information content (AvgIpc) is 2.72. The van der Waals surface area contributed by atoms with Crippen LogP contribution in [0, 0.1) is 0 Å². The predicted molar refractivity (Wildman–Crippen MR) is 65.3 cm³/mol. The Labute approximate surface area is 105 Å². The number of fused-ring (bicyclic) bond motifs is 1. The molecule has 1 aromatic rings. The van der Waals surface area contributed by atoms with Crippen molar-refractivity contribution < 1.29 is 14.3 Å². The van der Waals surface area contributed by atoms with E-state index in [1.54, 1.807) is 30.9 Å². The van der Waals surface area contributed by atoms with Gasteiger partial charge in [0.15, 0.2) is 0 Å². The maximum atomic E-state index is 12.2. The summed E-state index contributed by atoms with van der Waals surface area (Å²) in [5, 5.41) is 4.29. The summed E-state index contributed by atoms with van der Waals surface area (Å²) < 4.78 is 6.52. The summed E-state index contributed by atoms with van der Waals surface area (Å²) in [5.41, 5.74) is 1.39. The van der Waals surface area contributed by atoms with Crippen LogP contribution in [-0.2, 0) is 16.6 Å². The molecule has 0 saturated carbocycles. The Morgan fingerprint density at radius 3 is 2.83 bits per heavy atom. The van der Waals surface area contributed by atoms with Gasteiger partial charge in [0.1, 0.15) is 5.57 Å². The van der Waals surface area contributed by atoms with Crippen LogP contribution in [0.1, 0.15) is 42.2 Å². The molecule has 1 atom stereocenters. The topological polar surface area (TPSA) is 61.2 Å². The second-order valence-corrected chi connectivity index (χ2v) is 4.25. The molecule has 0 amide bonds. The number of allylic oxidation sites excluding steroid dienone is 1. The third-order valence-electron chi connectivity index (χ3n) is 3.00. The number of rotatable bonds is 3. The zero-order chi connectivity index (χ0) is 13.3. The summed E-state index contributed by atoms with van der Waals surface area (Å²) in [7, 11) is 1.77. The van der Waals surface area contributed by atoms with E-state index >= 15 is 0 Å². The fraction of sp³-hybridized carbons (Fsp3) is 0.462. The monoisotopic (exact) mass is 248 g/mol. The third kappa shape index (κ3) is 1.96. The van der Waals surface area contributed by atoms with Gasteiger partial charge in [0.05, 0.1) is 17.9 Å². The van der Waals surface area contributed by atoms with Crippen molar-refractivity contribution in [2.24, 2.45) is 7.05 Å². The number of carbonyl (C=O) groups is 2. The van der Waals surface area contributed by atoms with Crippen LogP contribution in [0.5, 0.6) is 0 Å². The van der Waals surface area contributed by atoms with E-state index in [4.69, 9.17) is 4.74 Å². The average molecular weight is 248 g/mol. The molecule has 0 aliphatic heterocycles. The number of aryl methyl sites for hydroxylation is 1. The van der Waals surface area contributed by atoms with Crippen LogP contribution in [0.25, 0.3) is 0 Å². The van der Waals surface area contributed by atoms with Gasteiger partial charge in [-0.15, -0.1) is 0 Å². The molecular formula is C13H16N2O3. The van der Waals surface area contributed by atoms with Crippen molar-refractivity contribution in [1.82, 2.24) is 9.78 Å². The highest BCUT2D eigenvalue weighted by Gasteiger charge is 2.32. The summed E-state index contributed by atoms with van der Waals surface area (Å²) >= 11 is 0. The molecule has 2 rings (SSSR count). The van der Waals surface area contributed by atoms with Gasteiger partial charge in [-0.2, -0.15) is 5.10 Å². The maximum absolute atomic E-state index is 12.2. The van der Waals surface area contributed by atoms with Gasteiger partial charge in [-0.05, 0) is 13.3 Å². The number of carbonyl (C=O) groups excluding carboxylic acids is 2. The van der Waals surface area contributed by atoms with Crippen LogP contribution in [0.2, 0.25) is 0 Å². The molecule has 1 aromatic heterocycles. The lowest BCUT2D eigenvalue weighted by molar-refractivity contribution is -0.138. The van der Waals surface area contributed by atoms with Gasteiger partial charge in [-0.25, -0.2) is 4.79 Å². The van der Waals surface area contributed by atoms with Crippen molar-refractivity contribution in [3.05, 3.63) is 29.1 Å². The Morgan fingerprint density at radius 1 is 1.50 bits per heavy atom. The fourth-order valence-electron chi connectivity index (χ4n) is 2.14. The molecule has 0 N–H and O–H groups in total. The molecule has 0 bridgehead atoms. The van der Waals surface area contributed by atoms with Crippen molar-refractivity contribution in [2.45, 2.75) is 26.2 Å². The molecule has 0 aromatic carbocycles. The zero-order valence-corrected chi connectivity index (χ0v) is 10.8. The van der Waals surface area contributed by atoms with E-state index in [-0.39, 0.29) is 23.9 Å². The normalized spacial score (nSPS) is 18.3. The maximum Gasteiger partial charge on any atom is 0.341 e. The zero-order valence-electron chi connectivity index (χ0n) is 10.8. The molecule has 5 heteroatoms. The van der Waals surface area contributed by atoms with E-state index in [2.05, 4.69) is 5.10 Å². The van der Waals surface area contributed by atoms with Crippen LogP contribution < -0.4 is 0 Å². The van der Waals surface area contributed by atoms with E-state index < -0.39 is 5.97 Å². The summed E-state index contributed by atoms with van der Waals surface area (Å²) in [6.45, 7) is 3.98. The smallest absolute Gasteiger partial charge is 0.341 e. The first-order valence-corrected chi connectivity index (χ1v) is 6.05. The molecule has 96 valence electrons. The van der Waals surface area contributed by atoms with Crippen LogP contribution in [0.3, 0.4) is 0 Å². The van der Waals surface area contributed by atoms with Crippen LogP contribution in [0.15, 0.2) is 17.8 Å². The lowest BCUT2D eigenvalue weighted by Crippen LogP contribution is -2.22. The second-order valence-electron chi connectivity index (χ2n) is 4.25. The molecule has 0 saturated heterocycles. The van der Waals surface area contributed by atoms with Crippen molar-refractivity contribution >= 4 is 11.8 Å². The number of hydrogen-bond donors (Lipinski definition) is 0. The Kier molecular flexibility index (Phi) is 3.32. The standard InChI is InChI=1S/C13H16N2O3/c1-4-8-6-9(13(17)18-5-2)12(16)10-7-15(3)14-11(8)10/h6-8H,4-5H2,1-3H3/t8-/m0/s1. The van der Waals surface area contributed by atoms with E-state index in [9.17, 15) is 9.59 Å². The number of esters is 1. The molecule has 5 nitrogen and oxygen atoms in total. The van der Waals surface area contributed by atoms with Crippen LogP contribution in [-0.4, -0.2) is 28.1 Å². The second kappa shape index (κ2) is 4.76. The molecular weight excluding hydrogens is 232 g/mol. The van der Waals surface area contributed by atoms with Crippen molar-refractivity contribution in [3.8, 4) is 0 Å². The summed E-state index contributed by atoms with van der Waals surface area (Å²) in [5.74, 6) is -0.838. The molecule has 18 heavy (non-hydrogen) atoms. The molecule has 0 spiro atoms. The van der Waals surface area contributed by atoms with Gasteiger partial charge in [0.2, 0.25) is 5.78 Å². The quantitative estimate of drug-likeness (QED) is 0.602. The van der Waals surface area contributed by atoms with E-state index in [1.807, 2.05) is 6.92 Å². The van der Waals surface area contributed by atoms with Gasteiger partial charge in [0.25, 0.3) is 0 Å². The van der Waals surface area contributed by atoms with Gasteiger partial charge in [-0.3, -0.25) is 9.48 Å². The Balaban J connectivity index is 2.43. The number of nitrogens with zero attached hydrogens (tertiary/aromatic N) is 2. The van der Waals surface area contributed by atoms with Gasteiger partial charge < -0.3 is 4.74 Å². The van der Waals surface area contributed by atoms with E-state index in [0.29, 0.717) is 5.56 Å². The van der Waals surface area contributed by atoms with Crippen LogP contribution >= 0.6 is 0 Å². The first-order chi connectivity index (χ1) is 8.58. The minimum Gasteiger partial charge on any atom is -0.462 e. The number of ketones is 1. The highest BCUT2D eigenvalue weighted by atomic mass is 16.5. The predicted octanol–water partition coefficient (Wildman–Crippen LogP) is 1.60.